The molecule has 1 heterocycles. The van der Waals surface area contributed by atoms with Crippen LogP contribution in [0.3, 0.4) is 0 Å². The number of amides is 1. The van der Waals surface area contributed by atoms with E-state index in [0.29, 0.717) is 6.54 Å². The minimum absolute atomic E-state index is 0. The lowest BCUT2D eigenvalue weighted by Gasteiger charge is -2.25. The first kappa shape index (κ1) is 24.7. The van der Waals surface area contributed by atoms with Crippen LogP contribution in [0.2, 0.25) is 0 Å². The van der Waals surface area contributed by atoms with Gasteiger partial charge in [-0.25, -0.2) is 4.98 Å². The molecule has 0 aliphatic heterocycles. The van der Waals surface area contributed by atoms with Gasteiger partial charge in [0.15, 0.2) is 5.13 Å². The van der Waals surface area contributed by atoms with Crippen molar-refractivity contribution in [3.63, 3.8) is 0 Å². The number of halogens is 1. The van der Waals surface area contributed by atoms with Crippen LogP contribution in [0.1, 0.15) is 59.3 Å². The summed E-state index contributed by atoms with van der Waals surface area (Å²) >= 11 is 1.63. The molecule has 3 aromatic rings. The van der Waals surface area contributed by atoms with Gasteiger partial charge in [-0.3, -0.25) is 9.69 Å². The van der Waals surface area contributed by atoms with Crippen molar-refractivity contribution in [2.24, 2.45) is 0 Å². The Morgan fingerprint density at radius 1 is 1.00 bits per heavy atom. The number of nitrogens with zero attached hydrogens (tertiary/aromatic N) is 3. The molecule has 0 bridgehead atoms. The van der Waals surface area contributed by atoms with E-state index < -0.39 is 0 Å². The first-order chi connectivity index (χ1) is 15.0. The Balaban J connectivity index is 0.00000289. The predicted molar refractivity (Wildman–Crippen MR) is 139 cm³/mol. The van der Waals surface area contributed by atoms with Crippen molar-refractivity contribution < 1.29 is 4.79 Å². The van der Waals surface area contributed by atoms with Gasteiger partial charge in [0.2, 0.25) is 0 Å². The van der Waals surface area contributed by atoms with E-state index in [4.69, 9.17) is 4.98 Å². The molecule has 0 saturated carbocycles. The van der Waals surface area contributed by atoms with Gasteiger partial charge in [-0.05, 0) is 93.1 Å². The molecule has 1 amide bonds. The Morgan fingerprint density at radius 3 is 2.44 bits per heavy atom. The lowest BCUT2D eigenvalue weighted by Crippen LogP contribution is -2.39. The fourth-order valence-electron chi connectivity index (χ4n) is 4.56. The number of aryl methyl sites for hydroxylation is 4. The van der Waals surface area contributed by atoms with Gasteiger partial charge in [0, 0.05) is 18.7 Å². The van der Waals surface area contributed by atoms with Crippen LogP contribution < -0.4 is 4.90 Å². The van der Waals surface area contributed by atoms with Crippen LogP contribution in [-0.4, -0.2) is 42.0 Å². The molecule has 4 rings (SSSR count). The minimum atomic E-state index is 0. The smallest absolute Gasteiger partial charge is 0.260 e. The SMILES string of the molecule is CCN(CC)CCN(C(=O)c1ccc2c(c1)CCCC2)c1nc2c(C)cc(C)cc2s1.Cl. The van der Waals surface area contributed by atoms with Gasteiger partial charge in [0.25, 0.3) is 5.91 Å². The highest BCUT2D eigenvalue weighted by atomic mass is 35.5. The number of carbonyl (C=O) groups excluding carboxylic acids is 1. The zero-order valence-electron chi connectivity index (χ0n) is 19.6. The third-order valence-corrected chi connectivity index (χ3v) is 7.45. The fraction of sp³-hybridized carbons (Fsp3) is 0.462. The summed E-state index contributed by atoms with van der Waals surface area (Å²) in [6, 6.07) is 10.6. The van der Waals surface area contributed by atoms with Crippen molar-refractivity contribution in [3.05, 3.63) is 58.1 Å². The summed E-state index contributed by atoms with van der Waals surface area (Å²) in [7, 11) is 0. The van der Waals surface area contributed by atoms with Crippen molar-refractivity contribution in [2.75, 3.05) is 31.1 Å². The third-order valence-electron chi connectivity index (χ3n) is 6.42. The summed E-state index contributed by atoms with van der Waals surface area (Å²) in [5.74, 6) is 0.0639. The van der Waals surface area contributed by atoms with E-state index in [1.54, 1.807) is 11.3 Å². The van der Waals surface area contributed by atoms with Crippen molar-refractivity contribution in [1.29, 1.82) is 0 Å². The van der Waals surface area contributed by atoms with Crippen molar-refractivity contribution in [2.45, 2.75) is 53.4 Å². The molecule has 1 aliphatic carbocycles. The normalized spacial score (nSPS) is 13.2. The summed E-state index contributed by atoms with van der Waals surface area (Å²) < 4.78 is 1.15. The molecule has 0 fully saturated rings. The largest absolute Gasteiger partial charge is 0.302 e. The first-order valence-corrected chi connectivity index (χ1v) is 12.4. The maximum Gasteiger partial charge on any atom is 0.260 e. The molecule has 172 valence electrons. The highest BCUT2D eigenvalue weighted by Crippen LogP contribution is 2.33. The first-order valence-electron chi connectivity index (χ1n) is 11.5. The maximum absolute atomic E-state index is 13.7. The second kappa shape index (κ2) is 10.8. The fourth-order valence-corrected chi connectivity index (χ4v) is 5.73. The molecule has 4 nitrogen and oxygen atoms in total. The Kier molecular flexibility index (Phi) is 8.32. The minimum Gasteiger partial charge on any atom is -0.302 e. The van der Waals surface area contributed by atoms with Crippen molar-refractivity contribution >= 4 is 45.0 Å². The number of carbonyl (C=O) groups is 1. The molecule has 0 saturated heterocycles. The molecule has 6 heteroatoms. The number of fused-ring (bicyclic) bond motifs is 2. The second-order valence-electron chi connectivity index (χ2n) is 8.60. The molecule has 2 aromatic carbocycles. The number of likely N-dealkylation sites (N-methyl/N-ethyl adjacent to an activating group) is 1. The molecular weight excluding hydrogens is 438 g/mol. The summed E-state index contributed by atoms with van der Waals surface area (Å²) in [6.45, 7) is 12.0. The number of benzene rings is 2. The average molecular weight is 472 g/mol. The highest BCUT2D eigenvalue weighted by Gasteiger charge is 2.23. The lowest BCUT2D eigenvalue weighted by atomic mass is 9.90. The Morgan fingerprint density at radius 2 is 1.72 bits per heavy atom. The Bertz CT molecular complexity index is 1090. The molecule has 32 heavy (non-hydrogen) atoms. The van der Waals surface area contributed by atoms with Gasteiger partial charge in [-0.2, -0.15) is 0 Å². The number of hydrogen-bond acceptors (Lipinski definition) is 4. The molecule has 0 unspecified atom stereocenters. The number of aromatic nitrogens is 1. The number of rotatable bonds is 7. The molecule has 0 atom stereocenters. The number of hydrogen-bond donors (Lipinski definition) is 0. The molecule has 1 aliphatic rings. The standard InChI is InChI=1S/C26H33N3OS.ClH/c1-5-28(6-2)13-14-29(26-27-24-19(4)15-18(3)16-23(24)31-26)25(30)22-12-11-20-9-7-8-10-21(20)17-22;/h11-12,15-17H,5-10,13-14H2,1-4H3;1H. The zero-order chi connectivity index (χ0) is 22.0. The molecular formula is C26H34ClN3OS. The van der Waals surface area contributed by atoms with E-state index in [1.165, 1.54) is 35.1 Å². The van der Waals surface area contributed by atoms with Crippen LogP contribution in [-0.2, 0) is 12.8 Å². The maximum atomic E-state index is 13.7. The van der Waals surface area contributed by atoms with Crippen LogP contribution in [0, 0.1) is 13.8 Å². The van der Waals surface area contributed by atoms with Gasteiger partial charge in [0.05, 0.1) is 10.2 Å². The quantitative estimate of drug-likeness (QED) is 0.411. The van der Waals surface area contributed by atoms with Crippen LogP contribution in [0.15, 0.2) is 30.3 Å². The van der Waals surface area contributed by atoms with Gasteiger partial charge in [-0.1, -0.05) is 37.3 Å². The number of anilines is 1. The molecule has 0 spiro atoms. The zero-order valence-corrected chi connectivity index (χ0v) is 21.2. The van der Waals surface area contributed by atoms with Crippen LogP contribution in [0.25, 0.3) is 10.2 Å². The molecule has 0 radical (unpaired) electrons. The summed E-state index contributed by atoms with van der Waals surface area (Å²) in [5.41, 5.74) is 6.95. The van der Waals surface area contributed by atoms with E-state index >= 15 is 0 Å². The van der Waals surface area contributed by atoms with E-state index in [2.05, 4.69) is 56.9 Å². The van der Waals surface area contributed by atoms with Gasteiger partial charge in [0.1, 0.15) is 0 Å². The van der Waals surface area contributed by atoms with E-state index in [0.717, 1.165) is 53.4 Å². The lowest BCUT2D eigenvalue weighted by molar-refractivity contribution is 0.0983. The Labute approximate surface area is 202 Å². The average Bonchev–Trinajstić information content (AvgIpc) is 3.20. The van der Waals surface area contributed by atoms with Crippen molar-refractivity contribution in [3.8, 4) is 0 Å². The topological polar surface area (TPSA) is 36.4 Å². The van der Waals surface area contributed by atoms with E-state index in [9.17, 15) is 4.79 Å². The second-order valence-corrected chi connectivity index (χ2v) is 9.61. The van der Waals surface area contributed by atoms with E-state index in [1.807, 2.05) is 11.0 Å². The summed E-state index contributed by atoms with van der Waals surface area (Å²) in [6.07, 6.45) is 4.68. The van der Waals surface area contributed by atoms with Crippen LogP contribution in [0.5, 0.6) is 0 Å². The number of thiazole rings is 1. The Hall–Kier alpha value is -1.95. The highest BCUT2D eigenvalue weighted by molar-refractivity contribution is 7.22. The predicted octanol–water partition coefficient (Wildman–Crippen LogP) is 6.20. The van der Waals surface area contributed by atoms with Gasteiger partial charge >= 0.3 is 0 Å². The summed E-state index contributed by atoms with van der Waals surface area (Å²) in [4.78, 5) is 22.9. The molecule has 0 N–H and O–H groups in total. The van der Waals surface area contributed by atoms with Crippen LogP contribution in [0.4, 0.5) is 5.13 Å². The summed E-state index contributed by atoms with van der Waals surface area (Å²) in [5, 5.41) is 0.804. The van der Waals surface area contributed by atoms with Gasteiger partial charge < -0.3 is 4.90 Å². The monoisotopic (exact) mass is 471 g/mol. The van der Waals surface area contributed by atoms with Crippen LogP contribution >= 0.6 is 23.7 Å². The van der Waals surface area contributed by atoms with Gasteiger partial charge in [-0.15, -0.1) is 12.4 Å². The third kappa shape index (κ3) is 5.16. The molecule has 1 aromatic heterocycles. The van der Waals surface area contributed by atoms with E-state index in [-0.39, 0.29) is 18.3 Å². The van der Waals surface area contributed by atoms with Crippen molar-refractivity contribution in [1.82, 2.24) is 9.88 Å².